The van der Waals surface area contributed by atoms with Gasteiger partial charge >= 0.3 is 19.5 Å². The third-order valence-corrected chi connectivity index (χ3v) is 5.08. The SMILES string of the molecule is Oc1cccnc1-c1ccccn1.Oc1cccnc1-c1ccccn1.Oc1cccnc1-c1ccccn1.[Ru+2]. The van der Waals surface area contributed by atoms with E-state index in [0.717, 1.165) is 0 Å². The van der Waals surface area contributed by atoms with Crippen LogP contribution in [0.2, 0.25) is 0 Å². The molecule has 0 spiro atoms. The first-order valence-corrected chi connectivity index (χ1v) is 11.8. The van der Waals surface area contributed by atoms with Crippen molar-refractivity contribution >= 4 is 0 Å². The number of hydrogen-bond donors (Lipinski definition) is 3. The number of aromatic nitrogens is 6. The van der Waals surface area contributed by atoms with Crippen molar-refractivity contribution in [3.05, 3.63) is 128 Å². The van der Waals surface area contributed by atoms with Crippen LogP contribution in [0.5, 0.6) is 17.2 Å². The fourth-order valence-corrected chi connectivity index (χ4v) is 3.29. The summed E-state index contributed by atoms with van der Waals surface area (Å²) in [6.45, 7) is 0. The Labute approximate surface area is 243 Å². The van der Waals surface area contributed by atoms with Crippen LogP contribution in [-0.2, 0) is 19.5 Å². The van der Waals surface area contributed by atoms with Crippen LogP contribution >= 0.6 is 0 Å². The normalized spacial score (nSPS) is 9.60. The van der Waals surface area contributed by atoms with Crippen molar-refractivity contribution in [3.8, 4) is 51.4 Å². The second-order valence-electron chi connectivity index (χ2n) is 7.76. The van der Waals surface area contributed by atoms with E-state index >= 15 is 0 Å². The Morgan fingerprint density at radius 3 is 0.825 bits per heavy atom. The number of rotatable bonds is 3. The predicted molar refractivity (Wildman–Crippen MR) is 147 cm³/mol. The molecule has 3 N–H and O–H groups in total. The molecule has 6 rings (SSSR count). The molecule has 9 nitrogen and oxygen atoms in total. The molecular formula is C30H24N6O3Ru+2. The zero-order chi connectivity index (χ0) is 27.3. The number of nitrogens with zero attached hydrogens (tertiary/aromatic N) is 6. The van der Waals surface area contributed by atoms with E-state index in [1.54, 1.807) is 73.6 Å². The Morgan fingerprint density at radius 2 is 0.600 bits per heavy atom. The fourth-order valence-electron chi connectivity index (χ4n) is 3.29. The summed E-state index contributed by atoms with van der Waals surface area (Å²) in [6.07, 6.45) is 9.90. The minimum Gasteiger partial charge on any atom is -0.506 e. The van der Waals surface area contributed by atoms with E-state index < -0.39 is 0 Å². The number of hydrogen-bond acceptors (Lipinski definition) is 9. The Morgan fingerprint density at radius 1 is 0.325 bits per heavy atom. The van der Waals surface area contributed by atoms with Gasteiger partial charge in [0.15, 0.2) is 0 Å². The van der Waals surface area contributed by atoms with Crippen LogP contribution in [-0.4, -0.2) is 45.2 Å². The first-order chi connectivity index (χ1) is 19.1. The summed E-state index contributed by atoms with van der Waals surface area (Å²) in [5, 5.41) is 28.4. The standard InChI is InChI=1S/3C10H8N2O.Ru/c3*13-9-5-3-7-12-10(9)8-4-1-2-6-11-8;/h3*1-7,13H;/q;;;+2. The van der Waals surface area contributed by atoms with E-state index in [1.807, 2.05) is 54.6 Å². The summed E-state index contributed by atoms with van der Waals surface area (Å²) in [5.41, 5.74) is 3.59. The van der Waals surface area contributed by atoms with Crippen LogP contribution in [0.15, 0.2) is 128 Å². The molecule has 6 aromatic heterocycles. The summed E-state index contributed by atoms with van der Waals surface area (Å²) in [4.78, 5) is 24.4. The third-order valence-electron chi connectivity index (χ3n) is 5.08. The summed E-state index contributed by atoms with van der Waals surface area (Å²) >= 11 is 0. The first-order valence-electron chi connectivity index (χ1n) is 11.8. The van der Waals surface area contributed by atoms with Crippen LogP contribution in [0, 0.1) is 0 Å². The topological polar surface area (TPSA) is 138 Å². The maximum absolute atomic E-state index is 9.46. The Hall–Kier alpha value is -5.08. The van der Waals surface area contributed by atoms with Crippen LogP contribution < -0.4 is 0 Å². The molecule has 0 amide bonds. The molecule has 0 fully saturated rings. The van der Waals surface area contributed by atoms with Crippen molar-refractivity contribution in [2.24, 2.45) is 0 Å². The van der Waals surface area contributed by atoms with E-state index in [0.29, 0.717) is 34.2 Å². The van der Waals surface area contributed by atoms with Crippen molar-refractivity contribution in [1.82, 2.24) is 29.9 Å². The molecule has 0 saturated carbocycles. The molecular weight excluding hydrogens is 593 g/mol. The fraction of sp³-hybridized carbons (Fsp3) is 0. The number of pyridine rings is 6. The van der Waals surface area contributed by atoms with Crippen molar-refractivity contribution < 1.29 is 34.8 Å². The monoisotopic (exact) mass is 618 g/mol. The summed E-state index contributed by atoms with van der Waals surface area (Å²) in [6, 6.07) is 26.3. The molecule has 198 valence electrons. The van der Waals surface area contributed by atoms with Gasteiger partial charge in [-0.1, -0.05) is 18.2 Å². The van der Waals surface area contributed by atoms with Crippen LogP contribution in [0.4, 0.5) is 0 Å². The van der Waals surface area contributed by atoms with E-state index in [2.05, 4.69) is 29.9 Å². The molecule has 0 aromatic carbocycles. The molecule has 0 saturated heterocycles. The van der Waals surface area contributed by atoms with Gasteiger partial charge in [0.2, 0.25) is 0 Å². The summed E-state index contributed by atoms with van der Waals surface area (Å²) < 4.78 is 0. The molecule has 0 unspecified atom stereocenters. The second kappa shape index (κ2) is 15.4. The van der Waals surface area contributed by atoms with Gasteiger partial charge in [0.1, 0.15) is 34.3 Å². The van der Waals surface area contributed by atoms with Gasteiger partial charge in [0, 0.05) is 37.2 Å². The van der Waals surface area contributed by atoms with Crippen molar-refractivity contribution in [1.29, 1.82) is 0 Å². The molecule has 0 aliphatic rings. The van der Waals surface area contributed by atoms with E-state index in [9.17, 15) is 15.3 Å². The zero-order valence-electron chi connectivity index (χ0n) is 21.0. The van der Waals surface area contributed by atoms with Gasteiger partial charge in [-0.25, -0.2) is 0 Å². The van der Waals surface area contributed by atoms with E-state index in [-0.39, 0.29) is 36.7 Å². The van der Waals surface area contributed by atoms with Gasteiger partial charge in [-0.2, -0.15) is 0 Å². The van der Waals surface area contributed by atoms with Gasteiger partial charge in [0.25, 0.3) is 0 Å². The summed E-state index contributed by atoms with van der Waals surface area (Å²) in [5.74, 6) is 0.462. The largest absolute Gasteiger partial charge is 2.00 e. The van der Waals surface area contributed by atoms with Crippen LogP contribution in [0.1, 0.15) is 0 Å². The van der Waals surface area contributed by atoms with Crippen LogP contribution in [0.25, 0.3) is 34.2 Å². The van der Waals surface area contributed by atoms with Crippen molar-refractivity contribution in [2.45, 2.75) is 0 Å². The number of aromatic hydroxyl groups is 3. The van der Waals surface area contributed by atoms with Gasteiger partial charge in [-0.05, 0) is 72.8 Å². The second-order valence-corrected chi connectivity index (χ2v) is 7.76. The van der Waals surface area contributed by atoms with Crippen LogP contribution in [0.3, 0.4) is 0 Å². The molecule has 0 atom stereocenters. The smallest absolute Gasteiger partial charge is 0.506 e. The first kappa shape index (κ1) is 29.5. The van der Waals surface area contributed by atoms with Gasteiger partial charge in [-0.15, -0.1) is 0 Å². The molecule has 40 heavy (non-hydrogen) atoms. The minimum atomic E-state index is 0. The molecule has 6 aromatic rings. The van der Waals surface area contributed by atoms with Gasteiger partial charge < -0.3 is 15.3 Å². The Balaban J connectivity index is 0.000000163. The molecule has 0 aliphatic heterocycles. The molecule has 0 radical (unpaired) electrons. The molecule has 0 aliphatic carbocycles. The van der Waals surface area contributed by atoms with Crippen molar-refractivity contribution in [3.63, 3.8) is 0 Å². The zero-order valence-corrected chi connectivity index (χ0v) is 22.7. The predicted octanol–water partition coefficient (Wildman–Crippen LogP) is 5.55. The van der Waals surface area contributed by atoms with Gasteiger partial charge in [0.05, 0.1) is 17.1 Å². The average molecular weight is 618 g/mol. The molecule has 0 bridgehead atoms. The maximum atomic E-state index is 9.46. The maximum Gasteiger partial charge on any atom is 2.00 e. The molecule has 10 heteroatoms. The Bertz CT molecular complexity index is 1400. The van der Waals surface area contributed by atoms with E-state index in [4.69, 9.17) is 0 Å². The van der Waals surface area contributed by atoms with Crippen molar-refractivity contribution in [2.75, 3.05) is 0 Å². The summed E-state index contributed by atoms with van der Waals surface area (Å²) in [7, 11) is 0. The van der Waals surface area contributed by atoms with E-state index in [1.165, 1.54) is 0 Å². The third kappa shape index (κ3) is 8.21. The minimum absolute atomic E-state index is 0. The average Bonchev–Trinajstić information content (AvgIpc) is 3.00. The molecule has 6 heterocycles. The van der Waals surface area contributed by atoms with Gasteiger partial charge in [-0.3, -0.25) is 29.9 Å². The quantitative estimate of drug-likeness (QED) is 0.218. The Kier molecular flexibility index (Phi) is 11.3.